The molecule has 0 bridgehead atoms. The third kappa shape index (κ3) is 5.91. The van der Waals surface area contributed by atoms with Gasteiger partial charge in [-0.05, 0) is 5.69 Å². The van der Waals surface area contributed by atoms with Gasteiger partial charge in [0.15, 0.2) is 0 Å². The van der Waals surface area contributed by atoms with E-state index in [-0.39, 0.29) is 50.5 Å². The van der Waals surface area contributed by atoms with Crippen molar-refractivity contribution in [3.8, 4) is 0 Å². The molecule has 113 valence electrons. The Labute approximate surface area is 155 Å². The van der Waals surface area contributed by atoms with Crippen molar-refractivity contribution in [2.75, 3.05) is 0 Å². The van der Waals surface area contributed by atoms with E-state index in [2.05, 4.69) is 28.5 Å². The van der Waals surface area contributed by atoms with Crippen molar-refractivity contribution in [3.63, 3.8) is 0 Å². The van der Waals surface area contributed by atoms with Crippen molar-refractivity contribution >= 4 is 17.6 Å². The predicted octanol–water partition coefficient (Wildman–Crippen LogP) is -3.36. The third-order valence-corrected chi connectivity index (χ3v) is 2.92. The molecule has 6 nitrogen and oxygen atoms in total. The van der Waals surface area contributed by atoms with E-state index in [4.69, 9.17) is 22.9 Å². The molecule has 0 spiro atoms. The largest absolute Gasteiger partial charge is 0.342 e. The molecule has 1 aliphatic carbocycles. The van der Waals surface area contributed by atoms with Gasteiger partial charge in [-0.2, -0.15) is 23.8 Å². The molecule has 10 N–H and O–H groups in total. The summed E-state index contributed by atoms with van der Waals surface area (Å²) in [7, 11) is 0. The minimum Gasteiger partial charge on any atom is -0.291 e. The van der Waals surface area contributed by atoms with Gasteiger partial charge in [0.25, 0.3) is 0 Å². The van der Waals surface area contributed by atoms with E-state index in [1.54, 1.807) is 0 Å². The maximum atomic E-state index is 5.45. The molecule has 2 rings (SSSR count). The van der Waals surface area contributed by atoms with Crippen LogP contribution in [0.5, 0.6) is 0 Å². The normalized spacial score (nSPS) is 15.8. The first kappa shape index (κ1) is 18.3. The van der Waals surface area contributed by atoms with Gasteiger partial charge in [-0.25, -0.2) is 12.5 Å². The molecule has 1 aromatic carbocycles. The first-order valence-corrected chi connectivity index (χ1v) is 6.57. The molecule has 1 radical (unpaired) electrons. The molecule has 0 aromatic heterocycles. The Bertz CT molecular complexity index is 625. The minimum absolute atomic E-state index is 0. The van der Waals surface area contributed by atoms with Crippen molar-refractivity contribution in [1.29, 1.82) is 0 Å². The Morgan fingerprint density at radius 1 is 1.18 bits per heavy atom. The van der Waals surface area contributed by atoms with Crippen molar-refractivity contribution in [1.82, 2.24) is 0 Å². The van der Waals surface area contributed by atoms with Crippen LogP contribution in [0.1, 0.15) is 5.56 Å². The van der Waals surface area contributed by atoms with Gasteiger partial charge in [0.1, 0.15) is 0 Å². The van der Waals surface area contributed by atoms with Crippen LogP contribution < -0.4 is 32.9 Å². The zero-order chi connectivity index (χ0) is 15.2. The molecular formula is C15H20N6Y. The first-order valence-electron chi connectivity index (χ1n) is 6.57. The minimum atomic E-state index is 0. The second-order valence-corrected chi connectivity index (χ2v) is 4.80. The average Bonchev–Trinajstić information content (AvgIpc) is 2.37. The second-order valence-electron chi connectivity index (χ2n) is 4.80. The maximum absolute atomic E-state index is 5.45. The summed E-state index contributed by atoms with van der Waals surface area (Å²) >= 11 is 0. The number of hydrogen-bond donors (Lipinski definition) is 6. The second kappa shape index (κ2) is 8.61. The van der Waals surface area contributed by atoms with E-state index in [1.807, 2.05) is 30.4 Å². The fourth-order valence-electron chi connectivity index (χ4n) is 2.15. The molecule has 7 heteroatoms. The van der Waals surface area contributed by atoms with Gasteiger partial charge in [-0.3, -0.25) is 32.9 Å². The summed E-state index contributed by atoms with van der Waals surface area (Å²) in [6.07, 6.45) is 8.87. The summed E-state index contributed by atoms with van der Waals surface area (Å²) in [5, 5.41) is 0. The zero-order valence-corrected chi connectivity index (χ0v) is 15.1. The average molecular weight is 373 g/mol. The zero-order valence-electron chi connectivity index (χ0n) is 12.2. The molecule has 0 saturated heterocycles. The van der Waals surface area contributed by atoms with Crippen LogP contribution in [0.15, 0.2) is 42.1 Å². The third-order valence-electron chi connectivity index (χ3n) is 2.92. The van der Waals surface area contributed by atoms with E-state index in [0.717, 1.165) is 23.4 Å². The number of allylic oxidation sites excluding steroid dienone is 3. The van der Waals surface area contributed by atoms with Crippen LogP contribution in [0.3, 0.4) is 0 Å². The van der Waals surface area contributed by atoms with Crippen LogP contribution in [0.2, 0.25) is 0 Å². The SMILES string of the molecule is NC(N)=[NH+]C1=CC(Cc2[c-]ccc([NH+]=C(N)N)c2)[CH-]C=C1.[Y]. The molecule has 1 aromatic rings. The fraction of sp³-hybridized carbons (Fsp3) is 0.133. The van der Waals surface area contributed by atoms with Crippen LogP contribution in [0.4, 0.5) is 5.69 Å². The van der Waals surface area contributed by atoms with Gasteiger partial charge in [0.05, 0.1) is 0 Å². The standard InChI is InChI=1S/C15H18N6.Y/c16-14(17)20-12-5-1-3-10(8-12)7-11-4-2-6-13(9-11)21-15(18)19;/h1-3,5-6,8-10H,7H2,(H4,16,17,20)(H4,18,19,21);/q-2;/p+2. The van der Waals surface area contributed by atoms with Crippen LogP contribution >= 0.6 is 0 Å². The van der Waals surface area contributed by atoms with Crippen molar-refractivity contribution in [3.05, 3.63) is 60.2 Å². The molecule has 0 aliphatic heterocycles. The summed E-state index contributed by atoms with van der Waals surface area (Å²) in [5.41, 5.74) is 24.5. The number of guanidine groups is 2. The molecular weight excluding hydrogens is 353 g/mol. The molecule has 1 atom stereocenters. The maximum Gasteiger partial charge on any atom is 0.342 e. The number of rotatable bonds is 4. The van der Waals surface area contributed by atoms with Gasteiger partial charge in [0, 0.05) is 38.4 Å². The van der Waals surface area contributed by atoms with Crippen molar-refractivity contribution in [2.24, 2.45) is 28.9 Å². The number of nitrogens with two attached hydrogens (primary N) is 4. The van der Waals surface area contributed by atoms with Gasteiger partial charge in [0.2, 0.25) is 0 Å². The van der Waals surface area contributed by atoms with Crippen LogP contribution in [0, 0.1) is 18.4 Å². The predicted molar refractivity (Wildman–Crippen MR) is 82.3 cm³/mol. The monoisotopic (exact) mass is 373 g/mol. The smallest absolute Gasteiger partial charge is 0.291 e. The van der Waals surface area contributed by atoms with E-state index in [1.165, 1.54) is 0 Å². The molecule has 1 aliphatic rings. The van der Waals surface area contributed by atoms with Gasteiger partial charge in [-0.1, -0.05) is 18.4 Å². The van der Waals surface area contributed by atoms with E-state index < -0.39 is 0 Å². The molecule has 22 heavy (non-hydrogen) atoms. The number of hydrogen-bond acceptors (Lipinski definition) is 0. The van der Waals surface area contributed by atoms with Crippen LogP contribution in [-0.2, 0) is 39.1 Å². The van der Waals surface area contributed by atoms with Crippen LogP contribution in [0.25, 0.3) is 0 Å². The molecule has 0 heterocycles. The summed E-state index contributed by atoms with van der Waals surface area (Å²) < 4.78 is 0. The van der Waals surface area contributed by atoms with Gasteiger partial charge < -0.3 is 0 Å². The van der Waals surface area contributed by atoms with E-state index >= 15 is 0 Å². The number of benzene rings is 1. The molecule has 0 amide bonds. The Balaban J connectivity index is 0.00000242. The summed E-state index contributed by atoms with van der Waals surface area (Å²) in [5.74, 6) is 0.584. The summed E-state index contributed by atoms with van der Waals surface area (Å²) in [4.78, 5) is 5.78. The Morgan fingerprint density at radius 2 is 1.91 bits per heavy atom. The van der Waals surface area contributed by atoms with E-state index in [9.17, 15) is 0 Å². The Kier molecular flexibility index (Phi) is 7.14. The van der Waals surface area contributed by atoms with Crippen molar-refractivity contribution < 1.29 is 42.7 Å². The number of nitrogens with one attached hydrogen (secondary N) is 2. The fourth-order valence-corrected chi connectivity index (χ4v) is 2.15. The Hall–Kier alpha value is -1.79. The van der Waals surface area contributed by atoms with E-state index in [0.29, 0.717) is 0 Å². The quantitative estimate of drug-likeness (QED) is 0.187. The van der Waals surface area contributed by atoms with Gasteiger partial charge in [-0.15, -0.1) is 12.1 Å². The molecule has 0 saturated carbocycles. The van der Waals surface area contributed by atoms with Crippen molar-refractivity contribution in [2.45, 2.75) is 6.42 Å². The first-order chi connectivity index (χ1) is 10.0. The van der Waals surface area contributed by atoms with Gasteiger partial charge >= 0.3 is 11.9 Å². The molecule has 1 unspecified atom stereocenters. The topological polar surface area (TPSA) is 132 Å². The summed E-state index contributed by atoms with van der Waals surface area (Å²) in [6.45, 7) is 0. The summed E-state index contributed by atoms with van der Waals surface area (Å²) in [6, 6.07) is 8.88. The Morgan fingerprint density at radius 3 is 2.59 bits per heavy atom. The molecule has 0 fully saturated rings. The van der Waals surface area contributed by atoms with Crippen LogP contribution in [-0.4, -0.2) is 11.9 Å².